The summed E-state index contributed by atoms with van der Waals surface area (Å²) in [6, 6.07) is 29.6. The van der Waals surface area contributed by atoms with E-state index >= 15 is 0 Å². The monoisotopic (exact) mass is 373 g/mol. The Labute approximate surface area is 167 Å². The summed E-state index contributed by atoms with van der Waals surface area (Å²) in [5.41, 5.74) is 3.18. The second kappa shape index (κ2) is 10.6. The van der Waals surface area contributed by atoms with Crippen molar-refractivity contribution in [2.24, 2.45) is 0 Å². The highest BCUT2D eigenvalue weighted by Crippen LogP contribution is 2.32. The highest BCUT2D eigenvalue weighted by molar-refractivity contribution is 5.23. The van der Waals surface area contributed by atoms with Crippen LogP contribution >= 0.6 is 0 Å². The third-order valence-corrected chi connectivity index (χ3v) is 4.78. The zero-order valence-corrected chi connectivity index (χ0v) is 16.0. The molecule has 0 saturated carbocycles. The van der Waals surface area contributed by atoms with Crippen LogP contribution in [0.3, 0.4) is 0 Å². The Kier molecular flexibility index (Phi) is 7.56. The van der Waals surface area contributed by atoms with Gasteiger partial charge in [-0.15, -0.1) is 6.58 Å². The molecule has 0 aromatic heterocycles. The van der Waals surface area contributed by atoms with E-state index in [0.29, 0.717) is 19.6 Å². The number of ether oxygens (including phenoxy) is 1. The van der Waals surface area contributed by atoms with Gasteiger partial charge < -0.3 is 9.94 Å². The molecule has 0 saturated heterocycles. The molecule has 3 nitrogen and oxygen atoms in total. The van der Waals surface area contributed by atoms with Crippen LogP contribution in [0.1, 0.15) is 35.2 Å². The summed E-state index contributed by atoms with van der Waals surface area (Å²) in [7, 11) is 0. The molecule has 3 heteroatoms. The maximum absolute atomic E-state index is 11.2. The molecule has 0 unspecified atom stereocenters. The van der Waals surface area contributed by atoms with Crippen molar-refractivity contribution in [3.8, 4) is 0 Å². The van der Waals surface area contributed by atoms with Crippen LogP contribution in [0.15, 0.2) is 104 Å². The van der Waals surface area contributed by atoms with Crippen LogP contribution in [0.5, 0.6) is 0 Å². The Hall–Kier alpha value is -2.72. The zero-order chi connectivity index (χ0) is 19.6. The molecule has 2 atom stereocenters. The number of hydroxylamine groups is 2. The highest BCUT2D eigenvalue weighted by Gasteiger charge is 2.27. The van der Waals surface area contributed by atoms with Gasteiger partial charge in [-0.25, -0.2) is 0 Å². The lowest BCUT2D eigenvalue weighted by Crippen LogP contribution is -2.32. The predicted molar refractivity (Wildman–Crippen MR) is 113 cm³/mol. The van der Waals surface area contributed by atoms with Gasteiger partial charge in [0.25, 0.3) is 0 Å². The van der Waals surface area contributed by atoms with Crippen molar-refractivity contribution in [2.75, 3.05) is 6.61 Å². The molecular weight excluding hydrogens is 346 g/mol. The van der Waals surface area contributed by atoms with Gasteiger partial charge in [0.05, 0.1) is 25.3 Å². The summed E-state index contributed by atoms with van der Waals surface area (Å²) in [5, 5.41) is 12.6. The molecule has 28 heavy (non-hydrogen) atoms. The van der Waals surface area contributed by atoms with Crippen molar-refractivity contribution < 1.29 is 9.94 Å². The average molecular weight is 373 g/mol. The van der Waals surface area contributed by atoms with Crippen molar-refractivity contribution in [1.82, 2.24) is 5.06 Å². The molecule has 0 heterocycles. The van der Waals surface area contributed by atoms with Crippen LogP contribution in [0.2, 0.25) is 0 Å². The van der Waals surface area contributed by atoms with Gasteiger partial charge in [0, 0.05) is 0 Å². The molecular formula is C25H27NO2. The molecule has 3 rings (SSSR count). The molecule has 0 aliphatic carbocycles. The second-order valence-corrected chi connectivity index (χ2v) is 6.76. The van der Waals surface area contributed by atoms with Gasteiger partial charge in [-0.1, -0.05) is 97.1 Å². The van der Waals surface area contributed by atoms with Gasteiger partial charge in [-0.2, -0.15) is 5.06 Å². The second-order valence-electron chi connectivity index (χ2n) is 6.76. The minimum atomic E-state index is -0.282. The van der Waals surface area contributed by atoms with Gasteiger partial charge in [-0.05, 0) is 23.1 Å². The molecule has 144 valence electrons. The maximum Gasteiger partial charge on any atom is 0.0840 e. The number of nitrogens with zero attached hydrogens (tertiary/aromatic N) is 1. The van der Waals surface area contributed by atoms with Crippen molar-refractivity contribution in [3.63, 3.8) is 0 Å². The van der Waals surface area contributed by atoms with E-state index in [2.05, 4.69) is 6.58 Å². The molecule has 3 aromatic carbocycles. The van der Waals surface area contributed by atoms with Gasteiger partial charge in [0.1, 0.15) is 0 Å². The van der Waals surface area contributed by atoms with Crippen LogP contribution in [-0.4, -0.2) is 16.9 Å². The van der Waals surface area contributed by atoms with E-state index in [4.69, 9.17) is 4.74 Å². The summed E-state index contributed by atoms with van der Waals surface area (Å²) >= 11 is 0. The summed E-state index contributed by atoms with van der Waals surface area (Å²) in [4.78, 5) is 0. The first-order valence-corrected chi connectivity index (χ1v) is 9.59. The summed E-state index contributed by atoms with van der Waals surface area (Å²) in [6.07, 6.45) is 2.48. The zero-order valence-electron chi connectivity index (χ0n) is 16.0. The lowest BCUT2D eigenvalue weighted by Gasteiger charge is -2.33. The van der Waals surface area contributed by atoms with Crippen LogP contribution in [0, 0.1) is 0 Å². The standard InChI is InChI=1S/C25H27NO2/c1-2-12-24(22-15-8-4-9-16-22)26(27)25(23-17-10-5-11-18-23)20-28-19-21-13-6-3-7-14-21/h2-11,13-18,24-25,27H,1,12,19-20H2/t24-,25-/m0/s1. The van der Waals surface area contributed by atoms with E-state index < -0.39 is 0 Å². The van der Waals surface area contributed by atoms with E-state index in [-0.39, 0.29) is 12.1 Å². The smallest absolute Gasteiger partial charge is 0.0840 e. The first kappa shape index (κ1) is 20.0. The third-order valence-electron chi connectivity index (χ3n) is 4.78. The Bertz CT molecular complexity index is 821. The van der Waals surface area contributed by atoms with Crippen molar-refractivity contribution in [1.29, 1.82) is 0 Å². The lowest BCUT2D eigenvalue weighted by atomic mass is 9.99. The van der Waals surface area contributed by atoms with Crippen LogP contribution in [0.25, 0.3) is 0 Å². The average Bonchev–Trinajstić information content (AvgIpc) is 2.76. The van der Waals surface area contributed by atoms with E-state index in [1.165, 1.54) is 5.06 Å². The Morgan fingerprint density at radius 2 is 1.29 bits per heavy atom. The fourth-order valence-electron chi connectivity index (χ4n) is 3.31. The molecule has 3 aromatic rings. The predicted octanol–water partition coefficient (Wildman–Crippen LogP) is 5.95. The summed E-state index contributed by atoms with van der Waals surface area (Å²) < 4.78 is 5.99. The molecule has 0 fully saturated rings. The van der Waals surface area contributed by atoms with Crippen LogP contribution in [0.4, 0.5) is 0 Å². The molecule has 0 radical (unpaired) electrons. The molecule has 0 spiro atoms. The first-order chi connectivity index (χ1) is 13.8. The van der Waals surface area contributed by atoms with Crippen LogP contribution < -0.4 is 0 Å². The Morgan fingerprint density at radius 1 is 0.786 bits per heavy atom. The van der Waals surface area contributed by atoms with E-state index in [9.17, 15) is 5.21 Å². The van der Waals surface area contributed by atoms with E-state index in [1.54, 1.807) is 0 Å². The quantitative estimate of drug-likeness (QED) is 0.352. The SMILES string of the molecule is C=CC[C@@H](c1ccccc1)N(O)[C@@H](COCc1ccccc1)c1ccccc1. The number of benzene rings is 3. The minimum Gasteiger partial charge on any atom is -0.375 e. The number of rotatable bonds is 10. The number of hydrogen-bond donors (Lipinski definition) is 1. The Morgan fingerprint density at radius 3 is 1.82 bits per heavy atom. The molecule has 0 bridgehead atoms. The largest absolute Gasteiger partial charge is 0.375 e. The Balaban J connectivity index is 1.79. The van der Waals surface area contributed by atoms with Crippen LogP contribution in [-0.2, 0) is 11.3 Å². The summed E-state index contributed by atoms with van der Waals surface area (Å²) in [6.45, 7) is 4.77. The summed E-state index contributed by atoms with van der Waals surface area (Å²) in [5.74, 6) is 0. The highest BCUT2D eigenvalue weighted by atomic mass is 16.5. The topological polar surface area (TPSA) is 32.7 Å². The molecule has 0 aliphatic rings. The van der Waals surface area contributed by atoms with Gasteiger partial charge in [0.15, 0.2) is 0 Å². The minimum absolute atomic E-state index is 0.191. The normalized spacial score (nSPS) is 13.2. The fraction of sp³-hybridized carbons (Fsp3) is 0.200. The van der Waals surface area contributed by atoms with E-state index in [0.717, 1.165) is 16.7 Å². The van der Waals surface area contributed by atoms with Gasteiger partial charge in [-0.3, -0.25) is 0 Å². The fourth-order valence-corrected chi connectivity index (χ4v) is 3.31. The van der Waals surface area contributed by atoms with Crippen molar-refractivity contribution in [2.45, 2.75) is 25.1 Å². The molecule has 0 amide bonds. The van der Waals surface area contributed by atoms with Crippen molar-refractivity contribution in [3.05, 3.63) is 120 Å². The maximum atomic E-state index is 11.2. The van der Waals surface area contributed by atoms with E-state index in [1.807, 2.05) is 97.1 Å². The lowest BCUT2D eigenvalue weighted by molar-refractivity contribution is -0.178. The molecule has 0 aliphatic heterocycles. The number of hydrogen-bond acceptors (Lipinski definition) is 3. The van der Waals surface area contributed by atoms with Gasteiger partial charge >= 0.3 is 0 Å². The first-order valence-electron chi connectivity index (χ1n) is 9.59. The van der Waals surface area contributed by atoms with Gasteiger partial charge in [0.2, 0.25) is 0 Å². The van der Waals surface area contributed by atoms with Crippen molar-refractivity contribution >= 4 is 0 Å². The third kappa shape index (κ3) is 5.40. The molecule has 1 N–H and O–H groups in total.